The van der Waals surface area contributed by atoms with Crippen LogP contribution in [0.25, 0.3) is 0 Å². The van der Waals surface area contributed by atoms with Gasteiger partial charge >= 0.3 is 0 Å². The Labute approximate surface area is 174 Å². The Kier molecular flexibility index (Phi) is 4.52. The van der Waals surface area contributed by atoms with Crippen molar-refractivity contribution < 1.29 is 9.59 Å². The first-order valence-corrected chi connectivity index (χ1v) is 11.5. The Morgan fingerprint density at radius 1 is 0.828 bits per heavy atom. The van der Waals surface area contributed by atoms with Crippen LogP contribution in [0.1, 0.15) is 57.9 Å². The third-order valence-electron chi connectivity index (χ3n) is 8.38. The van der Waals surface area contributed by atoms with E-state index in [1.165, 1.54) is 19.3 Å². The van der Waals surface area contributed by atoms with E-state index in [4.69, 9.17) is 0 Å². The van der Waals surface area contributed by atoms with Gasteiger partial charge in [-0.15, -0.1) is 0 Å². The van der Waals surface area contributed by atoms with Crippen molar-refractivity contribution in [2.75, 3.05) is 26.2 Å². The second kappa shape index (κ2) is 6.85. The van der Waals surface area contributed by atoms with Crippen molar-refractivity contribution in [3.63, 3.8) is 0 Å². The summed E-state index contributed by atoms with van der Waals surface area (Å²) in [7, 11) is 0. The van der Waals surface area contributed by atoms with Crippen LogP contribution in [-0.2, 0) is 15.0 Å². The van der Waals surface area contributed by atoms with Crippen molar-refractivity contribution in [2.24, 2.45) is 23.2 Å². The number of hydrogen-bond donors (Lipinski definition) is 0. The lowest BCUT2D eigenvalue weighted by Gasteiger charge is -2.57. The molecule has 4 nitrogen and oxygen atoms in total. The highest BCUT2D eigenvalue weighted by atomic mass is 16.2. The van der Waals surface area contributed by atoms with E-state index < -0.39 is 5.41 Å². The van der Waals surface area contributed by atoms with Crippen LogP contribution in [0.3, 0.4) is 0 Å². The van der Waals surface area contributed by atoms with Gasteiger partial charge in [0.05, 0.1) is 10.8 Å². The average molecular weight is 395 g/mol. The molecule has 1 saturated heterocycles. The topological polar surface area (TPSA) is 40.6 Å². The van der Waals surface area contributed by atoms with Gasteiger partial charge in [-0.3, -0.25) is 9.59 Å². The molecule has 4 aliphatic carbocycles. The molecule has 1 aromatic rings. The number of amides is 2. The molecule has 4 bridgehead atoms. The summed E-state index contributed by atoms with van der Waals surface area (Å²) in [6.45, 7) is 6.73. The quantitative estimate of drug-likeness (QED) is 0.781. The highest BCUT2D eigenvalue weighted by molar-refractivity contribution is 5.88. The van der Waals surface area contributed by atoms with E-state index in [2.05, 4.69) is 4.90 Å². The average Bonchev–Trinajstić information content (AvgIpc) is 2.72. The van der Waals surface area contributed by atoms with Crippen LogP contribution in [0.15, 0.2) is 30.3 Å². The minimum atomic E-state index is -0.534. The van der Waals surface area contributed by atoms with E-state index >= 15 is 0 Å². The SMILES string of the molecule is CC(C)(C(=O)N1CCN(C(=O)C23CC4CC(CC(C4)C2)C3)CC1)c1ccccc1. The van der Waals surface area contributed by atoms with Crippen molar-refractivity contribution in [2.45, 2.75) is 57.8 Å². The molecule has 0 aromatic heterocycles. The molecule has 0 spiro atoms. The lowest BCUT2D eigenvalue weighted by Crippen LogP contribution is -2.59. The Morgan fingerprint density at radius 3 is 1.83 bits per heavy atom. The molecule has 2 amide bonds. The Balaban J connectivity index is 1.24. The minimum Gasteiger partial charge on any atom is -0.339 e. The minimum absolute atomic E-state index is 0.0652. The molecule has 4 heteroatoms. The molecule has 4 saturated carbocycles. The van der Waals surface area contributed by atoms with Gasteiger partial charge in [0.25, 0.3) is 0 Å². The van der Waals surface area contributed by atoms with Gasteiger partial charge in [0, 0.05) is 26.2 Å². The summed E-state index contributed by atoms with van der Waals surface area (Å²) in [5, 5.41) is 0. The summed E-state index contributed by atoms with van der Waals surface area (Å²) >= 11 is 0. The predicted molar refractivity (Wildman–Crippen MR) is 113 cm³/mol. The van der Waals surface area contributed by atoms with E-state index in [9.17, 15) is 9.59 Å². The van der Waals surface area contributed by atoms with Crippen LogP contribution in [0, 0.1) is 23.2 Å². The van der Waals surface area contributed by atoms with Gasteiger partial charge in [-0.2, -0.15) is 0 Å². The zero-order valence-electron chi connectivity index (χ0n) is 17.9. The number of rotatable bonds is 3. The van der Waals surface area contributed by atoms with E-state index in [0.717, 1.165) is 42.6 Å². The predicted octanol–water partition coefficient (Wildman–Crippen LogP) is 3.85. The standard InChI is InChI=1S/C25H34N2O2/c1-24(2,21-6-4-3-5-7-21)22(28)26-8-10-27(11-9-26)23(29)25-15-18-12-19(16-25)14-20(13-18)17-25/h3-7,18-20H,8-17H2,1-2H3. The number of nitrogens with zero attached hydrogens (tertiary/aromatic N) is 2. The van der Waals surface area contributed by atoms with Crippen LogP contribution < -0.4 is 0 Å². The molecule has 6 rings (SSSR count). The summed E-state index contributed by atoms with van der Waals surface area (Å²) in [5.74, 6) is 2.95. The van der Waals surface area contributed by atoms with Gasteiger partial charge in [-0.05, 0) is 75.7 Å². The molecule has 0 radical (unpaired) electrons. The largest absolute Gasteiger partial charge is 0.339 e. The van der Waals surface area contributed by atoms with Crippen LogP contribution >= 0.6 is 0 Å². The maximum atomic E-state index is 13.6. The highest BCUT2D eigenvalue weighted by Gasteiger charge is 2.55. The molecular weight excluding hydrogens is 360 g/mol. The van der Waals surface area contributed by atoms with Gasteiger partial charge in [-0.25, -0.2) is 0 Å². The van der Waals surface area contributed by atoms with Crippen LogP contribution in [-0.4, -0.2) is 47.8 Å². The monoisotopic (exact) mass is 394 g/mol. The molecule has 29 heavy (non-hydrogen) atoms. The summed E-state index contributed by atoms with van der Waals surface area (Å²) in [6.07, 6.45) is 7.46. The summed E-state index contributed by atoms with van der Waals surface area (Å²) < 4.78 is 0. The van der Waals surface area contributed by atoms with Crippen molar-refractivity contribution in [1.82, 2.24) is 9.80 Å². The summed E-state index contributed by atoms with van der Waals surface area (Å²) in [4.78, 5) is 30.9. The lowest BCUT2D eigenvalue weighted by molar-refractivity contribution is -0.161. The third-order valence-corrected chi connectivity index (χ3v) is 8.38. The summed E-state index contributed by atoms with van der Waals surface area (Å²) in [5.41, 5.74) is 0.453. The van der Waals surface area contributed by atoms with Gasteiger partial charge in [0.1, 0.15) is 0 Å². The number of carbonyl (C=O) groups is 2. The second-order valence-electron chi connectivity index (χ2n) is 10.8. The maximum Gasteiger partial charge on any atom is 0.232 e. The number of piperazine rings is 1. The van der Waals surface area contributed by atoms with E-state index in [0.29, 0.717) is 32.1 Å². The molecular formula is C25H34N2O2. The molecule has 1 aliphatic heterocycles. The van der Waals surface area contributed by atoms with Gasteiger partial charge in [-0.1, -0.05) is 30.3 Å². The molecule has 0 N–H and O–H groups in total. The molecule has 1 aromatic carbocycles. The highest BCUT2D eigenvalue weighted by Crippen LogP contribution is 2.60. The smallest absolute Gasteiger partial charge is 0.232 e. The van der Waals surface area contributed by atoms with E-state index in [1.807, 2.05) is 49.1 Å². The zero-order chi connectivity index (χ0) is 20.2. The van der Waals surface area contributed by atoms with E-state index in [1.54, 1.807) is 0 Å². The van der Waals surface area contributed by atoms with Crippen molar-refractivity contribution in [3.05, 3.63) is 35.9 Å². The van der Waals surface area contributed by atoms with E-state index in [-0.39, 0.29) is 11.3 Å². The Bertz CT molecular complexity index is 757. The first kappa shape index (κ1) is 19.1. The number of hydrogen-bond acceptors (Lipinski definition) is 2. The number of carbonyl (C=O) groups excluding carboxylic acids is 2. The summed E-state index contributed by atoms with van der Waals surface area (Å²) in [6, 6.07) is 10.0. The van der Waals surface area contributed by atoms with Gasteiger partial charge in [0.15, 0.2) is 0 Å². The van der Waals surface area contributed by atoms with Crippen LogP contribution in [0.5, 0.6) is 0 Å². The second-order valence-corrected chi connectivity index (χ2v) is 10.8. The van der Waals surface area contributed by atoms with Gasteiger partial charge in [0.2, 0.25) is 11.8 Å². The maximum absolute atomic E-state index is 13.6. The fourth-order valence-electron chi connectivity index (χ4n) is 7.19. The fourth-order valence-corrected chi connectivity index (χ4v) is 7.19. The Morgan fingerprint density at radius 2 is 1.31 bits per heavy atom. The van der Waals surface area contributed by atoms with Gasteiger partial charge < -0.3 is 9.80 Å². The fraction of sp³-hybridized carbons (Fsp3) is 0.680. The van der Waals surface area contributed by atoms with Crippen molar-refractivity contribution in [1.29, 1.82) is 0 Å². The van der Waals surface area contributed by atoms with Crippen LogP contribution in [0.2, 0.25) is 0 Å². The molecule has 5 aliphatic rings. The lowest BCUT2D eigenvalue weighted by atomic mass is 9.49. The van der Waals surface area contributed by atoms with Crippen molar-refractivity contribution >= 4 is 11.8 Å². The number of benzene rings is 1. The normalized spacial score (nSPS) is 33.8. The molecule has 156 valence electrons. The van der Waals surface area contributed by atoms with Crippen LogP contribution in [0.4, 0.5) is 0 Å². The zero-order valence-corrected chi connectivity index (χ0v) is 17.9. The first-order chi connectivity index (χ1) is 13.9. The van der Waals surface area contributed by atoms with Crippen molar-refractivity contribution in [3.8, 4) is 0 Å². The molecule has 5 fully saturated rings. The first-order valence-electron chi connectivity index (χ1n) is 11.5. The molecule has 0 unspecified atom stereocenters. The molecule has 1 heterocycles. The molecule has 0 atom stereocenters. The third kappa shape index (κ3) is 3.19. The Hall–Kier alpha value is -1.84.